The van der Waals surface area contributed by atoms with Crippen LogP contribution in [0, 0.1) is 0 Å². The molecule has 3 rings (SSSR count). The van der Waals surface area contributed by atoms with Crippen LogP contribution in [-0.2, 0) is 11.3 Å². The topological polar surface area (TPSA) is 38.8 Å². The summed E-state index contributed by atoms with van der Waals surface area (Å²) >= 11 is 0. The van der Waals surface area contributed by atoms with E-state index in [1.165, 1.54) is 0 Å². The zero-order chi connectivity index (χ0) is 18.2. The van der Waals surface area contributed by atoms with Crippen LogP contribution in [0.25, 0.3) is 0 Å². The average molecular weight is 347 g/mol. The fourth-order valence-electron chi connectivity index (χ4n) is 2.61. The summed E-state index contributed by atoms with van der Waals surface area (Å²) in [5, 5.41) is 0. The highest BCUT2D eigenvalue weighted by atomic mass is 16.5. The molecule has 0 spiro atoms. The Morgan fingerprint density at radius 3 is 2.19 bits per heavy atom. The normalized spacial score (nSPS) is 10.2. The molecule has 0 N–H and O–H groups in total. The van der Waals surface area contributed by atoms with Crippen LogP contribution in [0.5, 0.6) is 11.5 Å². The number of anilines is 1. The summed E-state index contributed by atoms with van der Waals surface area (Å²) in [6, 6.07) is 26.8. The molecule has 0 heterocycles. The highest BCUT2D eigenvalue weighted by Crippen LogP contribution is 2.20. The third kappa shape index (κ3) is 4.63. The summed E-state index contributed by atoms with van der Waals surface area (Å²) in [4.78, 5) is 14.6. The molecule has 0 aromatic heterocycles. The van der Waals surface area contributed by atoms with Gasteiger partial charge in [0.05, 0.1) is 13.7 Å². The molecule has 0 aliphatic carbocycles. The first-order valence-corrected chi connectivity index (χ1v) is 8.42. The largest absolute Gasteiger partial charge is 0.497 e. The van der Waals surface area contributed by atoms with Gasteiger partial charge >= 0.3 is 0 Å². The van der Waals surface area contributed by atoms with Gasteiger partial charge in [-0.3, -0.25) is 4.79 Å². The van der Waals surface area contributed by atoms with E-state index in [9.17, 15) is 4.79 Å². The number of hydrogen-bond donors (Lipinski definition) is 0. The molecule has 0 radical (unpaired) electrons. The summed E-state index contributed by atoms with van der Waals surface area (Å²) in [6.07, 6.45) is 0. The van der Waals surface area contributed by atoms with Gasteiger partial charge in [-0.25, -0.2) is 0 Å². The van der Waals surface area contributed by atoms with Gasteiger partial charge in [0.15, 0.2) is 6.61 Å². The van der Waals surface area contributed by atoms with Crippen molar-refractivity contribution in [1.82, 2.24) is 0 Å². The molecule has 0 aliphatic rings. The summed E-state index contributed by atoms with van der Waals surface area (Å²) in [7, 11) is 1.60. The number of ether oxygens (including phenoxy) is 2. The van der Waals surface area contributed by atoms with E-state index in [2.05, 4.69) is 0 Å². The molecule has 4 heteroatoms. The Labute approximate surface area is 153 Å². The second-order valence-corrected chi connectivity index (χ2v) is 5.77. The molecular weight excluding hydrogens is 326 g/mol. The lowest BCUT2D eigenvalue weighted by atomic mass is 10.2. The molecule has 4 nitrogen and oxygen atoms in total. The average Bonchev–Trinajstić information content (AvgIpc) is 2.72. The molecule has 1 amide bonds. The van der Waals surface area contributed by atoms with E-state index in [4.69, 9.17) is 9.47 Å². The van der Waals surface area contributed by atoms with Crippen LogP contribution in [0.4, 0.5) is 5.69 Å². The van der Waals surface area contributed by atoms with Crippen LogP contribution in [-0.4, -0.2) is 19.6 Å². The molecule has 0 bridgehead atoms. The van der Waals surface area contributed by atoms with Crippen LogP contribution < -0.4 is 14.4 Å². The SMILES string of the molecule is COc1cccc(OCC(=O)N(Cc2ccccc2)c2ccccc2)c1. The lowest BCUT2D eigenvalue weighted by molar-refractivity contribution is -0.120. The number of nitrogens with zero attached hydrogens (tertiary/aromatic N) is 1. The quantitative estimate of drug-likeness (QED) is 0.639. The predicted molar refractivity (Wildman–Crippen MR) is 103 cm³/mol. The van der Waals surface area contributed by atoms with Crippen molar-refractivity contribution >= 4 is 11.6 Å². The minimum atomic E-state index is -0.108. The molecule has 3 aromatic carbocycles. The first kappa shape index (κ1) is 17.5. The zero-order valence-electron chi connectivity index (χ0n) is 14.7. The van der Waals surface area contributed by atoms with Crippen LogP contribution in [0.1, 0.15) is 5.56 Å². The lowest BCUT2D eigenvalue weighted by Crippen LogP contribution is -2.34. The van der Waals surface area contributed by atoms with Crippen LogP contribution in [0.3, 0.4) is 0 Å². The number of methoxy groups -OCH3 is 1. The van der Waals surface area contributed by atoms with E-state index in [1.807, 2.05) is 72.8 Å². The van der Waals surface area contributed by atoms with Crippen molar-refractivity contribution < 1.29 is 14.3 Å². The Morgan fingerprint density at radius 1 is 0.846 bits per heavy atom. The molecule has 3 aromatic rings. The first-order valence-electron chi connectivity index (χ1n) is 8.42. The van der Waals surface area contributed by atoms with E-state index in [-0.39, 0.29) is 12.5 Å². The van der Waals surface area contributed by atoms with E-state index >= 15 is 0 Å². The highest BCUT2D eigenvalue weighted by molar-refractivity contribution is 5.94. The second-order valence-electron chi connectivity index (χ2n) is 5.77. The van der Waals surface area contributed by atoms with Gasteiger partial charge in [0.1, 0.15) is 11.5 Å². The molecule has 0 unspecified atom stereocenters. The maximum atomic E-state index is 12.8. The maximum absolute atomic E-state index is 12.8. The minimum absolute atomic E-state index is 0.0467. The fraction of sp³-hybridized carbons (Fsp3) is 0.136. The van der Waals surface area contributed by atoms with Crippen molar-refractivity contribution in [2.24, 2.45) is 0 Å². The van der Waals surface area contributed by atoms with E-state index in [0.717, 1.165) is 11.3 Å². The molecule has 0 atom stereocenters. The van der Waals surface area contributed by atoms with Crippen LogP contribution in [0.2, 0.25) is 0 Å². The Balaban J connectivity index is 1.74. The molecule has 0 saturated heterocycles. The predicted octanol–water partition coefficient (Wildman–Crippen LogP) is 4.31. The summed E-state index contributed by atoms with van der Waals surface area (Å²) in [6.45, 7) is 0.444. The maximum Gasteiger partial charge on any atom is 0.265 e. The Kier molecular flexibility index (Phi) is 5.88. The van der Waals surface area contributed by atoms with Gasteiger partial charge in [-0.05, 0) is 29.8 Å². The third-order valence-corrected chi connectivity index (χ3v) is 3.96. The van der Waals surface area contributed by atoms with Crippen LogP contribution >= 0.6 is 0 Å². The van der Waals surface area contributed by atoms with Gasteiger partial charge in [-0.2, -0.15) is 0 Å². The van der Waals surface area contributed by atoms with Crippen molar-refractivity contribution in [3.63, 3.8) is 0 Å². The van der Waals surface area contributed by atoms with Crippen molar-refractivity contribution in [3.8, 4) is 11.5 Å². The number of benzene rings is 3. The molecule has 26 heavy (non-hydrogen) atoms. The Morgan fingerprint density at radius 2 is 1.50 bits per heavy atom. The van der Waals surface area contributed by atoms with Crippen LogP contribution in [0.15, 0.2) is 84.9 Å². The van der Waals surface area contributed by atoms with Gasteiger partial charge in [-0.15, -0.1) is 0 Å². The molecule has 0 aliphatic heterocycles. The third-order valence-electron chi connectivity index (χ3n) is 3.96. The number of carbonyl (C=O) groups excluding carboxylic acids is 1. The summed E-state index contributed by atoms with van der Waals surface area (Å²) in [5.74, 6) is 1.19. The van der Waals surface area contributed by atoms with Gasteiger partial charge in [0.25, 0.3) is 5.91 Å². The zero-order valence-corrected chi connectivity index (χ0v) is 14.7. The van der Waals surface area contributed by atoms with E-state index < -0.39 is 0 Å². The monoisotopic (exact) mass is 347 g/mol. The highest BCUT2D eigenvalue weighted by Gasteiger charge is 2.17. The van der Waals surface area contributed by atoms with Crippen molar-refractivity contribution in [1.29, 1.82) is 0 Å². The number of para-hydroxylation sites is 1. The van der Waals surface area contributed by atoms with Crippen molar-refractivity contribution in [2.75, 3.05) is 18.6 Å². The summed E-state index contributed by atoms with van der Waals surface area (Å²) < 4.78 is 10.9. The minimum Gasteiger partial charge on any atom is -0.497 e. The number of carbonyl (C=O) groups is 1. The molecular formula is C22H21NO3. The van der Waals surface area contributed by atoms with Crippen molar-refractivity contribution in [3.05, 3.63) is 90.5 Å². The van der Waals surface area contributed by atoms with E-state index in [1.54, 1.807) is 24.1 Å². The number of amides is 1. The van der Waals surface area contributed by atoms with Gasteiger partial charge in [0.2, 0.25) is 0 Å². The number of hydrogen-bond acceptors (Lipinski definition) is 3. The van der Waals surface area contributed by atoms with Crippen molar-refractivity contribution in [2.45, 2.75) is 6.54 Å². The standard InChI is InChI=1S/C22H21NO3/c1-25-20-13-8-14-21(15-20)26-17-22(24)23(19-11-6-3-7-12-19)16-18-9-4-2-5-10-18/h2-15H,16-17H2,1H3. The molecule has 0 fully saturated rings. The second kappa shape index (κ2) is 8.72. The van der Waals surface area contributed by atoms with Gasteiger partial charge in [-0.1, -0.05) is 54.6 Å². The summed E-state index contributed by atoms with van der Waals surface area (Å²) in [5.41, 5.74) is 1.90. The van der Waals surface area contributed by atoms with Gasteiger partial charge < -0.3 is 14.4 Å². The fourth-order valence-corrected chi connectivity index (χ4v) is 2.61. The smallest absolute Gasteiger partial charge is 0.265 e. The first-order chi connectivity index (χ1) is 12.8. The lowest BCUT2D eigenvalue weighted by Gasteiger charge is -2.23. The number of rotatable bonds is 7. The Bertz CT molecular complexity index is 834. The molecule has 0 saturated carbocycles. The Hall–Kier alpha value is -3.27. The van der Waals surface area contributed by atoms with E-state index in [0.29, 0.717) is 18.0 Å². The van der Waals surface area contributed by atoms with Gasteiger partial charge in [0, 0.05) is 11.8 Å². The molecule has 132 valence electrons.